The number of hydrogen-bond acceptors (Lipinski definition) is 4. The Labute approximate surface area is 173 Å². The molecule has 0 saturated carbocycles. The number of carbonyl (C=O) groups is 1. The summed E-state index contributed by atoms with van der Waals surface area (Å²) in [6.07, 6.45) is 0. The van der Waals surface area contributed by atoms with Gasteiger partial charge in [-0.05, 0) is 43.3 Å². The summed E-state index contributed by atoms with van der Waals surface area (Å²) in [5.74, 6) is 1.01. The Kier molecular flexibility index (Phi) is 5.31. The zero-order valence-corrected chi connectivity index (χ0v) is 16.3. The van der Waals surface area contributed by atoms with E-state index in [9.17, 15) is 10.1 Å². The van der Waals surface area contributed by atoms with Gasteiger partial charge >= 0.3 is 6.03 Å². The van der Waals surface area contributed by atoms with Gasteiger partial charge in [0.25, 0.3) is 0 Å². The molecule has 3 aromatic carbocycles. The number of nitriles is 1. The molecule has 148 valence electrons. The van der Waals surface area contributed by atoms with E-state index in [1.807, 2.05) is 61.5 Å². The highest BCUT2D eigenvalue weighted by Crippen LogP contribution is 2.26. The van der Waals surface area contributed by atoms with E-state index < -0.39 is 0 Å². The van der Waals surface area contributed by atoms with Crippen molar-refractivity contribution in [1.29, 1.82) is 5.26 Å². The van der Waals surface area contributed by atoms with Crippen LogP contribution in [0.4, 0.5) is 16.3 Å². The van der Waals surface area contributed by atoms with E-state index in [1.54, 1.807) is 12.1 Å². The predicted octanol–water partition coefficient (Wildman–Crippen LogP) is 4.97. The maximum Gasteiger partial charge on any atom is 0.324 e. The number of aryl methyl sites for hydroxylation is 1. The zero-order chi connectivity index (χ0) is 20.9. The van der Waals surface area contributed by atoms with Crippen LogP contribution >= 0.6 is 0 Å². The molecule has 0 spiro atoms. The second-order valence-electron chi connectivity index (χ2n) is 6.78. The Bertz CT molecular complexity index is 1240. The van der Waals surface area contributed by atoms with Gasteiger partial charge in [-0.3, -0.25) is 10.4 Å². The number of rotatable bonds is 5. The number of carbonyl (C=O) groups excluding carboxylic acids is 1. The van der Waals surface area contributed by atoms with Gasteiger partial charge in [0.05, 0.1) is 17.1 Å². The van der Waals surface area contributed by atoms with Gasteiger partial charge in [0.1, 0.15) is 12.4 Å². The highest BCUT2D eigenvalue weighted by Gasteiger charge is 2.11. The van der Waals surface area contributed by atoms with Crippen molar-refractivity contribution < 1.29 is 9.53 Å². The number of fused-ring (bicyclic) bond motifs is 1. The van der Waals surface area contributed by atoms with Crippen LogP contribution in [0.1, 0.15) is 16.7 Å². The minimum absolute atomic E-state index is 0.268. The maximum absolute atomic E-state index is 12.3. The summed E-state index contributed by atoms with van der Waals surface area (Å²) in [5.41, 5.74) is 3.97. The van der Waals surface area contributed by atoms with Gasteiger partial charge in [0.2, 0.25) is 0 Å². The molecule has 0 bridgehead atoms. The van der Waals surface area contributed by atoms with Crippen molar-refractivity contribution in [2.75, 3.05) is 10.6 Å². The number of nitrogens with zero attached hydrogens (tertiary/aromatic N) is 2. The molecule has 1 aromatic heterocycles. The number of benzene rings is 3. The van der Waals surface area contributed by atoms with E-state index in [1.165, 1.54) is 0 Å². The third-order valence-electron chi connectivity index (χ3n) is 4.61. The van der Waals surface area contributed by atoms with Crippen molar-refractivity contribution in [3.8, 4) is 11.8 Å². The van der Waals surface area contributed by atoms with Gasteiger partial charge in [0, 0.05) is 16.6 Å². The van der Waals surface area contributed by atoms with E-state index in [0.717, 1.165) is 22.0 Å². The first-order chi connectivity index (χ1) is 14.6. The number of aromatic nitrogens is 2. The number of aromatic amines is 1. The number of amides is 2. The van der Waals surface area contributed by atoms with Crippen molar-refractivity contribution in [1.82, 2.24) is 10.2 Å². The summed E-state index contributed by atoms with van der Waals surface area (Å²) in [6, 6.07) is 22.0. The third kappa shape index (κ3) is 4.23. The number of hydrogen-bond donors (Lipinski definition) is 3. The maximum atomic E-state index is 12.3. The number of nitrogens with one attached hydrogen (secondary N) is 3. The minimum atomic E-state index is -0.387. The average molecular weight is 397 g/mol. The molecule has 0 aliphatic rings. The van der Waals surface area contributed by atoms with Crippen LogP contribution in [0.3, 0.4) is 0 Å². The fourth-order valence-corrected chi connectivity index (χ4v) is 3.00. The zero-order valence-electron chi connectivity index (χ0n) is 16.3. The van der Waals surface area contributed by atoms with Gasteiger partial charge in [-0.15, -0.1) is 0 Å². The monoisotopic (exact) mass is 397 g/mol. The lowest BCUT2D eigenvalue weighted by atomic mass is 10.1. The van der Waals surface area contributed by atoms with E-state index in [2.05, 4.69) is 26.9 Å². The highest BCUT2D eigenvalue weighted by atomic mass is 16.5. The molecule has 7 nitrogen and oxygen atoms in total. The van der Waals surface area contributed by atoms with Gasteiger partial charge in [0.15, 0.2) is 5.82 Å². The lowest BCUT2D eigenvalue weighted by molar-refractivity contribution is 0.262. The van der Waals surface area contributed by atoms with Crippen LogP contribution in [0.25, 0.3) is 10.9 Å². The van der Waals surface area contributed by atoms with Crippen molar-refractivity contribution in [2.24, 2.45) is 0 Å². The fraction of sp³-hybridized carbons (Fsp3) is 0.0870. The highest BCUT2D eigenvalue weighted by molar-refractivity contribution is 6.04. The van der Waals surface area contributed by atoms with Crippen LogP contribution in [-0.2, 0) is 6.61 Å². The van der Waals surface area contributed by atoms with Gasteiger partial charge in [-0.1, -0.05) is 35.9 Å². The fourth-order valence-electron chi connectivity index (χ4n) is 3.00. The standard InChI is InChI=1S/C23H19N5O2/c1-15-6-8-18(9-7-15)25-23(29)26-22-20-12-19(10-11-21(20)27-28-22)30-14-17-5-3-2-4-16(17)13-24/h2-12H,14H2,1H3,(H3,25,26,27,28,29). The molecule has 0 unspecified atom stereocenters. The van der Waals surface area contributed by atoms with E-state index in [4.69, 9.17) is 4.74 Å². The molecule has 7 heteroatoms. The Balaban J connectivity index is 1.48. The van der Waals surface area contributed by atoms with E-state index >= 15 is 0 Å². The molecule has 0 radical (unpaired) electrons. The molecular weight excluding hydrogens is 378 g/mol. The van der Waals surface area contributed by atoms with Crippen LogP contribution < -0.4 is 15.4 Å². The Morgan fingerprint density at radius 2 is 1.90 bits per heavy atom. The Morgan fingerprint density at radius 3 is 2.70 bits per heavy atom. The van der Waals surface area contributed by atoms with Crippen LogP contribution in [0.5, 0.6) is 5.75 Å². The summed E-state index contributed by atoms with van der Waals surface area (Å²) in [7, 11) is 0. The van der Waals surface area contributed by atoms with Crippen molar-refractivity contribution in [3.63, 3.8) is 0 Å². The second kappa shape index (κ2) is 8.37. The van der Waals surface area contributed by atoms with Crippen LogP contribution in [0.15, 0.2) is 66.7 Å². The summed E-state index contributed by atoms with van der Waals surface area (Å²) in [6.45, 7) is 2.25. The lowest BCUT2D eigenvalue weighted by Crippen LogP contribution is -2.19. The molecule has 2 amide bonds. The normalized spacial score (nSPS) is 10.4. The van der Waals surface area contributed by atoms with Crippen LogP contribution in [0.2, 0.25) is 0 Å². The smallest absolute Gasteiger partial charge is 0.324 e. The molecule has 3 N–H and O–H groups in total. The molecule has 0 fully saturated rings. The molecule has 4 rings (SSSR count). The van der Waals surface area contributed by atoms with Crippen LogP contribution in [-0.4, -0.2) is 16.2 Å². The number of H-pyrrole nitrogens is 1. The van der Waals surface area contributed by atoms with Crippen molar-refractivity contribution in [3.05, 3.63) is 83.4 Å². The number of ether oxygens (including phenoxy) is 1. The first-order valence-electron chi connectivity index (χ1n) is 9.36. The minimum Gasteiger partial charge on any atom is -0.489 e. The van der Waals surface area contributed by atoms with Crippen LogP contribution in [0, 0.1) is 18.3 Å². The van der Waals surface area contributed by atoms with Crippen molar-refractivity contribution >= 4 is 28.4 Å². The number of anilines is 2. The summed E-state index contributed by atoms with van der Waals surface area (Å²) >= 11 is 0. The molecule has 30 heavy (non-hydrogen) atoms. The molecular formula is C23H19N5O2. The first-order valence-corrected chi connectivity index (χ1v) is 9.36. The molecule has 4 aromatic rings. The molecule has 0 aliphatic heterocycles. The molecule has 0 atom stereocenters. The SMILES string of the molecule is Cc1ccc(NC(=O)Nc2n[nH]c3ccc(OCc4ccccc4C#N)cc23)cc1. The number of urea groups is 1. The quantitative estimate of drug-likeness (QED) is 0.442. The second-order valence-corrected chi connectivity index (χ2v) is 6.78. The lowest BCUT2D eigenvalue weighted by Gasteiger charge is -2.09. The predicted molar refractivity (Wildman–Crippen MR) is 115 cm³/mol. The molecule has 0 saturated heterocycles. The largest absolute Gasteiger partial charge is 0.489 e. The van der Waals surface area contributed by atoms with Gasteiger partial charge in [-0.25, -0.2) is 4.79 Å². The van der Waals surface area contributed by atoms with Gasteiger partial charge < -0.3 is 10.1 Å². The third-order valence-corrected chi connectivity index (χ3v) is 4.61. The summed E-state index contributed by atoms with van der Waals surface area (Å²) in [4.78, 5) is 12.3. The first kappa shape index (κ1) is 19.0. The summed E-state index contributed by atoms with van der Waals surface area (Å²) < 4.78 is 5.86. The van der Waals surface area contributed by atoms with E-state index in [-0.39, 0.29) is 12.6 Å². The topological polar surface area (TPSA) is 103 Å². The molecule has 0 aliphatic carbocycles. The van der Waals surface area contributed by atoms with Crippen molar-refractivity contribution in [2.45, 2.75) is 13.5 Å². The summed E-state index contributed by atoms with van der Waals surface area (Å²) in [5, 5.41) is 22.5. The van der Waals surface area contributed by atoms with Gasteiger partial charge in [-0.2, -0.15) is 10.4 Å². The Morgan fingerprint density at radius 1 is 1.10 bits per heavy atom. The average Bonchev–Trinajstić information content (AvgIpc) is 3.16. The Hall–Kier alpha value is -4.31. The van der Waals surface area contributed by atoms with E-state index in [0.29, 0.717) is 22.8 Å². The molecule has 1 heterocycles.